The highest BCUT2D eigenvalue weighted by Crippen LogP contribution is 2.29. The van der Waals surface area contributed by atoms with Crippen LogP contribution in [0.3, 0.4) is 0 Å². The maximum Gasteiger partial charge on any atom is 0.356 e. The number of nitrogens with zero attached hydrogens (tertiary/aromatic N) is 7. The van der Waals surface area contributed by atoms with Crippen molar-refractivity contribution >= 4 is 39.5 Å². The summed E-state index contributed by atoms with van der Waals surface area (Å²) in [6.45, 7) is 2.85. The second-order valence-corrected chi connectivity index (χ2v) is 8.51. The Morgan fingerprint density at radius 2 is 1.60 bits per heavy atom. The lowest BCUT2D eigenvalue weighted by atomic mass is 10.1. The van der Waals surface area contributed by atoms with Gasteiger partial charge in [0.1, 0.15) is 17.0 Å². The smallest absolute Gasteiger partial charge is 0.356 e. The Kier molecular flexibility index (Phi) is 11.7. The van der Waals surface area contributed by atoms with Gasteiger partial charge < -0.3 is 15.4 Å². The van der Waals surface area contributed by atoms with Crippen LogP contribution in [-0.2, 0) is 13.0 Å². The summed E-state index contributed by atoms with van der Waals surface area (Å²) in [4.78, 5) is 47.0. The number of anilines is 1. The molecule has 5 rings (SSSR count). The number of aryl methyl sites for hydroxylation is 2. The Hall–Kier alpha value is -4.80. The monoisotopic (exact) mass is 544 g/mol. The molecule has 5 aromatic rings. The van der Waals surface area contributed by atoms with Crippen LogP contribution in [-0.4, -0.2) is 51.3 Å². The zero-order chi connectivity index (χ0) is 26.9. The number of pyridine rings is 1. The molecule has 4 aromatic heterocycles. The van der Waals surface area contributed by atoms with E-state index in [2.05, 4.69) is 42.5 Å². The molecule has 0 aliphatic heterocycles. The first-order valence-corrected chi connectivity index (χ1v) is 12.3. The molecule has 4 heterocycles. The zero-order valence-electron chi connectivity index (χ0n) is 21.0. The normalized spacial score (nSPS) is 10.2. The molecular weight excluding hydrogens is 508 g/mol. The number of rotatable bonds is 9. The average molecular weight is 545 g/mol. The van der Waals surface area contributed by atoms with Crippen LogP contribution in [0.15, 0.2) is 61.4 Å². The van der Waals surface area contributed by atoms with Gasteiger partial charge in [-0.25, -0.2) is 24.7 Å². The van der Waals surface area contributed by atoms with Crippen molar-refractivity contribution in [1.29, 1.82) is 0 Å². The van der Waals surface area contributed by atoms with Crippen LogP contribution in [0.5, 0.6) is 0 Å². The molecule has 0 saturated heterocycles. The summed E-state index contributed by atoms with van der Waals surface area (Å²) in [5, 5.41) is 9.32. The number of carbonyl (C=O) groups excluding carboxylic acids is 1. The van der Waals surface area contributed by atoms with Crippen LogP contribution in [0.2, 0.25) is 0 Å². The summed E-state index contributed by atoms with van der Waals surface area (Å²) in [7, 11) is 0. The van der Waals surface area contributed by atoms with Crippen molar-refractivity contribution in [1.82, 2.24) is 34.5 Å². The van der Waals surface area contributed by atoms with Gasteiger partial charge in [-0.05, 0) is 18.9 Å². The summed E-state index contributed by atoms with van der Waals surface area (Å²) >= 11 is 0. The lowest BCUT2D eigenvalue weighted by molar-refractivity contribution is 0.0689. The van der Waals surface area contributed by atoms with Crippen molar-refractivity contribution in [2.45, 2.75) is 60.4 Å². The minimum atomic E-state index is -1.05. The number of hydrogen-bond acceptors (Lipinski definition) is 9. The molecule has 0 atom stereocenters. The predicted octanol–water partition coefficient (Wildman–Crippen LogP) is 5.41. The van der Waals surface area contributed by atoms with E-state index in [1.54, 1.807) is 12.4 Å². The van der Waals surface area contributed by atoms with Crippen LogP contribution in [0.1, 0.15) is 74.3 Å². The van der Waals surface area contributed by atoms with E-state index in [4.69, 9.17) is 15.8 Å². The van der Waals surface area contributed by atoms with E-state index in [-0.39, 0.29) is 26.3 Å². The van der Waals surface area contributed by atoms with Crippen LogP contribution < -0.4 is 5.73 Å². The number of aromatic nitrogens is 7. The third kappa shape index (κ3) is 7.40. The molecule has 3 N–H and O–H groups in total. The second-order valence-electron chi connectivity index (χ2n) is 8.51. The van der Waals surface area contributed by atoms with E-state index < -0.39 is 5.97 Å². The standard InChI is InChI=1S/C22H24N6O.C5H4N2O2.2CH4/c1-2-3-10-19-27-20-21(15-7-4-5-8-16(15)26-22(20)23)28(19)13-6-9-18(29)17-14-24-11-12-25-17;8-5(9)4-3-6-1-2-7-4;;/h4-5,7-8,11-12,14H,2-3,6,9-10,13H2,1H3,(H2,23,26);1-3H,(H,8,9);2*1H4. The summed E-state index contributed by atoms with van der Waals surface area (Å²) in [5.74, 6) is 0.399. The maximum absolute atomic E-state index is 12.4. The van der Waals surface area contributed by atoms with Gasteiger partial charge >= 0.3 is 5.97 Å². The van der Waals surface area contributed by atoms with Gasteiger partial charge in [0, 0.05) is 49.6 Å². The number of imidazole rings is 1. The van der Waals surface area contributed by atoms with Crippen LogP contribution in [0.25, 0.3) is 21.9 Å². The molecule has 0 unspecified atom stereocenters. The number of carboxylic acid groups (broad SMARTS) is 1. The van der Waals surface area contributed by atoms with E-state index in [1.807, 2.05) is 18.2 Å². The first-order chi connectivity index (χ1) is 18.5. The Labute approximate surface area is 233 Å². The molecule has 0 fully saturated rings. The van der Waals surface area contributed by atoms with Crippen molar-refractivity contribution in [2.24, 2.45) is 0 Å². The third-order valence-corrected chi connectivity index (χ3v) is 5.86. The Morgan fingerprint density at radius 1 is 0.925 bits per heavy atom. The van der Waals surface area contributed by atoms with Crippen molar-refractivity contribution in [3.05, 3.63) is 78.7 Å². The number of Topliss-reactive ketones (excluding diaryl/α,β-unsaturated/α-hetero) is 1. The van der Waals surface area contributed by atoms with Gasteiger partial charge in [0.25, 0.3) is 0 Å². The lowest BCUT2D eigenvalue weighted by Gasteiger charge is -2.10. The summed E-state index contributed by atoms with van der Waals surface area (Å²) in [6.07, 6.45) is 12.7. The first kappa shape index (κ1) is 31.4. The molecule has 1 aromatic carbocycles. The van der Waals surface area contributed by atoms with Crippen molar-refractivity contribution in [3.63, 3.8) is 0 Å². The van der Waals surface area contributed by atoms with Gasteiger partial charge in [-0.3, -0.25) is 14.8 Å². The van der Waals surface area contributed by atoms with Gasteiger partial charge in [-0.15, -0.1) is 0 Å². The Bertz CT molecular complexity index is 1540. The number of nitrogen functional groups attached to an aromatic ring is 1. The minimum absolute atomic E-state index is 0. The van der Waals surface area contributed by atoms with Gasteiger partial charge in [0.15, 0.2) is 17.3 Å². The molecule has 0 bridgehead atoms. The summed E-state index contributed by atoms with van der Waals surface area (Å²) in [6, 6.07) is 7.97. The van der Waals surface area contributed by atoms with Crippen molar-refractivity contribution in [2.75, 3.05) is 5.73 Å². The van der Waals surface area contributed by atoms with Crippen LogP contribution >= 0.6 is 0 Å². The van der Waals surface area contributed by atoms with Gasteiger partial charge in [-0.1, -0.05) is 46.4 Å². The SMILES string of the molecule is C.C.CCCCc1nc2c(N)nc3ccccc3c2n1CCCC(=O)c1cnccn1.O=C(O)c1cnccn1. The number of carbonyl (C=O) groups is 2. The van der Waals surface area contributed by atoms with E-state index in [9.17, 15) is 9.59 Å². The average Bonchev–Trinajstić information content (AvgIpc) is 3.32. The van der Waals surface area contributed by atoms with Gasteiger partial charge in [0.2, 0.25) is 0 Å². The fourth-order valence-electron chi connectivity index (χ4n) is 4.05. The zero-order valence-corrected chi connectivity index (χ0v) is 21.0. The van der Waals surface area contributed by atoms with Gasteiger partial charge in [-0.2, -0.15) is 0 Å². The molecule has 0 spiro atoms. The number of carboxylic acids is 1. The van der Waals surface area contributed by atoms with Crippen molar-refractivity contribution < 1.29 is 14.7 Å². The molecule has 0 saturated carbocycles. The number of fused-ring (bicyclic) bond motifs is 3. The lowest BCUT2D eigenvalue weighted by Crippen LogP contribution is -2.08. The summed E-state index contributed by atoms with van der Waals surface area (Å²) in [5.41, 5.74) is 9.22. The molecule has 0 aliphatic carbocycles. The number of para-hydroxylation sites is 1. The number of hydrogen-bond donors (Lipinski definition) is 2. The molecule has 0 amide bonds. The van der Waals surface area contributed by atoms with Crippen LogP contribution in [0.4, 0.5) is 5.82 Å². The number of benzene rings is 1. The third-order valence-electron chi connectivity index (χ3n) is 5.86. The van der Waals surface area contributed by atoms with E-state index in [0.29, 0.717) is 30.9 Å². The maximum atomic E-state index is 12.4. The topological polar surface area (TPSA) is 163 Å². The quantitative estimate of drug-likeness (QED) is 0.229. The van der Waals surface area contributed by atoms with E-state index in [0.717, 1.165) is 47.0 Å². The number of ketones is 1. The minimum Gasteiger partial charge on any atom is -0.476 e. The highest BCUT2D eigenvalue weighted by molar-refractivity contribution is 6.06. The molecule has 40 heavy (non-hydrogen) atoms. The molecule has 11 heteroatoms. The predicted molar refractivity (Wildman–Crippen MR) is 156 cm³/mol. The molecule has 210 valence electrons. The molecule has 0 radical (unpaired) electrons. The second kappa shape index (κ2) is 15.0. The molecular formula is C29H36N8O3. The highest BCUT2D eigenvalue weighted by atomic mass is 16.4. The fourth-order valence-corrected chi connectivity index (χ4v) is 4.05. The van der Waals surface area contributed by atoms with E-state index >= 15 is 0 Å². The summed E-state index contributed by atoms with van der Waals surface area (Å²) < 4.78 is 2.22. The number of unbranched alkanes of at least 4 members (excludes halogenated alkanes) is 1. The Balaban J connectivity index is 0.000000437. The number of aromatic carboxylic acids is 1. The molecule has 0 aliphatic rings. The number of nitrogens with two attached hydrogens (primary N) is 1. The Morgan fingerprint density at radius 3 is 2.20 bits per heavy atom. The van der Waals surface area contributed by atoms with Crippen LogP contribution in [0, 0.1) is 0 Å². The first-order valence-electron chi connectivity index (χ1n) is 12.3. The fraction of sp³-hybridized carbons (Fsp3) is 0.310. The largest absolute Gasteiger partial charge is 0.476 e. The molecule has 11 nitrogen and oxygen atoms in total. The van der Waals surface area contributed by atoms with Gasteiger partial charge in [0.05, 0.1) is 23.4 Å². The van der Waals surface area contributed by atoms with E-state index in [1.165, 1.54) is 24.8 Å². The van der Waals surface area contributed by atoms with Crippen molar-refractivity contribution in [3.8, 4) is 0 Å². The highest BCUT2D eigenvalue weighted by Gasteiger charge is 2.17.